The molecular formula is C16H23F3N2. The van der Waals surface area contributed by atoms with Crippen LogP contribution in [0.3, 0.4) is 0 Å². The second-order valence-electron chi connectivity index (χ2n) is 5.89. The van der Waals surface area contributed by atoms with Crippen molar-refractivity contribution >= 4 is 5.69 Å². The summed E-state index contributed by atoms with van der Waals surface area (Å²) in [5, 5.41) is 2.96. The van der Waals surface area contributed by atoms with Gasteiger partial charge < -0.3 is 10.2 Å². The SMILES string of the molecule is CC(CNc1ccccc1C(F)(F)F)CN1CCCCC1. The predicted octanol–water partition coefficient (Wildman–Crippen LogP) is 4.24. The van der Waals surface area contributed by atoms with Crippen LogP contribution >= 0.6 is 0 Å². The average molecular weight is 300 g/mol. The number of rotatable bonds is 5. The summed E-state index contributed by atoms with van der Waals surface area (Å²) in [7, 11) is 0. The van der Waals surface area contributed by atoms with Crippen LogP contribution < -0.4 is 5.32 Å². The number of halogens is 3. The summed E-state index contributed by atoms with van der Waals surface area (Å²) in [6, 6.07) is 5.67. The molecule has 21 heavy (non-hydrogen) atoms. The molecule has 1 saturated heterocycles. The highest BCUT2D eigenvalue weighted by molar-refractivity contribution is 5.52. The van der Waals surface area contributed by atoms with E-state index in [9.17, 15) is 13.2 Å². The topological polar surface area (TPSA) is 15.3 Å². The molecule has 1 heterocycles. The summed E-state index contributed by atoms with van der Waals surface area (Å²) in [5.41, 5.74) is -0.411. The van der Waals surface area contributed by atoms with Crippen LogP contribution in [-0.2, 0) is 6.18 Å². The molecule has 1 atom stereocenters. The van der Waals surface area contributed by atoms with Gasteiger partial charge in [0.1, 0.15) is 0 Å². The van der Waals surface area contributed by atoms with Crippen molar-refractivity contribution in [1.82, 2.24) is 4.90 Å². The zero-order chi connectivity index (χ0) is 15.3. The lowest BCUT2D eigenvalue weighted by atomic mass is 10.1. The number of anilines is 1. The molecule has 0 spiro atoms. The van der Waals surface area contributed by atoms with Crippen molar-refractivity contribution in [3.05, 3.63) is 29.8 Å². The minimum absolute atomic E-state index is 0.176. The van der Waals surface area contributed by atoms with Crippen molar-refractivity contribution in [2.45, 2.75) is 32.4 Å². The Hall–Kier alpha value is -1.23. The van der Waals surface area contributed by atoms with Crippen molar-refractivity contribution in [3.8, 4) is 0 Å². The molecule has 1 unspecified atom stereocenters. The number of likely N-dealkylation sites (tertiary alicyclic amines) is 1. The summed E-state index contributed by atoms with van der Waals surface area (Å²) in [4.78, 5) is 2.41. The number of nitrogens with one attached hydrogen (secondary N) is 1. The summed E-state index contributed by atoms with van der Waals surface area (Å²) in [5.74, 6) is 0.324. The van der Waals surface area contributed by atoms with Gasteiger partial charge in [0.2, 0.25) is 0 Å². The molecule has 0 saturated carbocycles. The van der Waals surface area contributed by atoms with Crippen LogP contribution in [0.1, 0.15) is 31.7 Å². The molecule has 0 radical (unpaired) electrons. The van der Waals surface area contributed by atoms with Crippen LogP contribution in [0.15, 0.2) is 24.3 Å². The van der Waals surface area contributed by atoms with E-state index in [2.05, 4.69) is 17.1 Å². The monoisotopic (exact) mass is 300 g/mol. The second-order valence-corrected chi connectivity index (χ2v) is 5.89. The molecule has 0 aromatic heterocycles. The number of alkyl halides is 3. The van der Waals surface area contributed by atoms with Gasteiger partial charge in [0, 0.05) is 18.8 Å². The molecule has 0 amide bonds. The highest BCUT2D eigenvalue weighted by Gasteiger charge is 2.33. The molecule has 0 bridgehead atoms. The van der Waals surface area contributed by atoms with Crippen molar-refractivity contribution in [1.29, 1.82) is 0 Å². The van der Waals surface area contributed by atoms with Crippen LogP contribution in [0.25, 0.3) is 0 Å². The lowest BCUT2D eigenvalue weighted by Crippen LogP contribution is -2.35. The lowest BCUT2D eigenvalue weighted by Gasteiger charge is -2.29. The van der Waals surface area contributed by atoms with Gasteiger partial charge in [0.05, 0.1) is 5.56 Å². The summed E-state index contributed by atoms with van der Waals surface area (Å²) >= 11 is 0. The number of hydrogen-bond acceptors (Lipinski definition) is 2. The minimum Gasteiger partial charge on any atom is -0.384 e. The molecule has 2 nitrogen and oxygen atoms in total. The fraction of sp³-hybridized carbons (Fsp3) is 0.625. The van der Waals surface area contributed by atoms with Gasteiger partial charge in [-0.05, 0) is 44.0 Å². The first-order valence-electron chi connectivity index (χ1n) is 7.59. The Kier molecular flexibility index (Phi) is 5.51. The van der Waals surface area contributed by atoms with E-state index in [1.165, 1.54) is 31.4 Å². The second kappa shape index (κ2) is 7.16. The molecular weight excluding hydrogens is 277 g/mol. The van der Waals surface area contributed by atoms with E-state index in [0.717, 1.165) is 25.7 Å². The molecule has 5 heteroatoms. The average Bonchev–Trinajstić information content (AvgIpc) is 2.45. The van der Waals surface area contributed by atoms with Gasteiger partial charge in [0.15, 0.2) is 0 Å². The van der Waals surface area contributed by atoms with Gasteiger partial charge in [-0.25, -0.2) is 0 Å². The Morgan fingerprint density at radius 2 is 1.81 bits per heavy atom. The van der Waals surface area contributed by atoms with Gasteiger partial charge in [-0.3, -0.25) is 0 Å². The van der Waals surface area contributed by atoms with E-state index in [4.69, 9.17) is 0 Å². The van der Waals surface area contributed by atoms with E-state index < -0.39 is 11.7 Å². The van der Waals surface area contributed by atoms with Crippen molar-refractivity contribution < 1.29 is 13.2 Å². The van der Waals surface area contributed by atoms with Crippen LogP contribution in [0.4, 0.5) is 18.9 Å². The maximum Gasteiger partial charge on any atom is 0.418 e. The minimum atomic E-state index is -4.31. The van der Waals surface area contributed by atoms with E-state index in [0.29, 0.717) is 12.5 Å². The van der Waals surface area contributed by atoms with Gasteiger partial charge in [-0.15, -0.1) is 0 Å². The molecule has 1 fully saturated rings. The normalized spacial score (nSPS) is 18.5. The molecule has 1 aliphatic rings. The standard InChI is InChI=1S/C16H23F3N2/c1-13(12-21-9-5-2-6-10-21)11-20-15-8-4-3-7-14(15)16(17,18)19/h3-4,7-8,13,20H,2,5-6,9-12H2,1H3. The van der Waals surface area contributed by atoms with Gasteiger partial charge in [0.25, 0.3) is 0 Å². The summed E-state index contributed by atoms with van der Waals surface area (Å²) in [6.07, 6.45) is -0.546. The zero-order valence-electron chi connectivity index (χ0n) is 12.4. The molecule has 1 aromatic carbocycles. The number of benzene rings is 1. The fourth-order valence-electron chi connectivity index (χ4n) is 2.82. The molecule has 118 valence electrons. The Balaban J connectivity index is 1.87. The van der Waals surface area contributed by atoms with E-state index in [-0.39, 0.29) is 5.69 Å². The maximum atomic E-state index is 12.9. The summed E-state index contributed by atoms with van der Waals surface area (Å²) < 4.78 is 38.7. The Morgan fingerprint density at radius 1 is 1.14 bits per heavy atom. The highest BCUT2D eigenvalue weighted by Crippen LogP contribution is 2.34. The first kappa shape index (κ1) is 16.1. The molecule has 1 N–H and O–H groups in total. The first-order valence-corrected chi connectivity index (χ1v) is 7.59. The first-order chi connectivity index (χ1) is 9.97. The third kappa shape index (κ3) is 4.92. The van der Waals surface area contributed by atoms with E-state index in [1.54, 1.807) is 6.07 Å². The molecule has 2 rings (SSSR count). The van der Waals surface area contributed by atoms with Crippen molar-refractivity contribution in [2.75, 3.05) is 31.5 Å². The smallest absolute Gasteiger partial charge is 0.384 e. The van der Waals surface area contributed by atoms with Gasteiger partial charge in [-0.2, -0.15) is 13.2 Å². The van der Waals surface area contributed by atoms with Crippen LogP contribution in [-0.4, -0.2) is 31.1 Å². The number of para-hydroxylation sites is 1. The third-order valence-electron chi connectivity index (χ3n) is 3.89. The Bertz CT molecular complexity index is 439. The van der Waals surface area contributed by atoms with Crippen molar-refractivity contribution in [2.24, 2.45) is 5.92 Å². The molecule has 1 aliphatic heterocycles. The van der Waals surface area contributed by atoms with E-state index >= 15 is 0 Å². The highest BCUT2D eigenvalue weighted by atomic mass is 19.4. The largest absolute Gasteiger partial charge is 0.418 e. The van der Waals surface area contributed by atoms with Crippen molar-refractivity contribution in [3.63, 3.8) is 0 Å². The fourth-order valence-corrected chi connectivity index (χ4v) is 2.82. The Morgan fingerprint density at radius 3 is 2.48 bits per heavy atom. The maximum absolute atomic E-state index is 12.9. The predicted molar refractivity (Wildman–Crippen MR) is 79.4 cm³/mol. The van der Waals surface area contributed by atoms with Crippen LogP contribution in [0.2, 0.25) is 0 Å². The summed E-state index contributed by atoms with van der Waals surface area (Å²) in [6.45, 7) is 5.82. The molecule has 1 aromatic rings. The van der Waals surface area contributed by atoms with Gasteiger partial charge in [-0.1, -0.05) is 25.5 Å². The zero-order valence-corrected chi connectivity index (χ0v) is 12.4. The number of hydrogen-bond donors (Lipinski definition) is 1. The van der Waals surface area contributed by atoms with Gasteiger partial charge >= 0.3 is 6.18 Å². The van der Waals surface area contributed by atoms with E-state index in [1.807, 2.05) is 0 Å². The third-order valence-corrected chi connectivity index (χ3v) is 3.89. The molecule has 0 aliphatic carbocycles. The Labute approximate surface area is 124 Å². The number of nitrogens with zero attached hydrogens (tertiary/aromatic N) is 1. The lowest BCUT2D eigenvalue weighted by molar-refractivity contribution is -0.136. The quantitative estimate of drug-likeness (QED) is 0.875. The van der Waals surface area contributed by atoms with Crippen LogP contribution in [0.5, 0.6) is 0 Å². The number of piperidine rings is 1. The van der Waals surface area contributed by atoms with Crippen LogP contribution in [0, 0.1) is 5.92 Å².